The molecule has 1 aromatic carbocycles. The predicted molar refractivity (Wildman–Crippen MR) is 79.6 cm³/mol. The van der Waals surface area contributed by atoms with Gasteiger partial charge in [0.05, 0.1) is 0 Å². The molecule has 5 nitrogen and oxygen atoms in total. The van der Waals surface area contributed by atoms with Crippen LogP contribution in [0, 0.1) is 0 Å². The minimum atomic E-state index is -0.315. The molecule has 106 valence electrons. The molecule has 2 rings (SSSR count). The maximum atomic E-state index is 5.91. The number of benzene rings is 1. The van der Waals surface area contributed by atoms with Crippen molar-refractivity contribution < 1.29 is 4.74 Å². The van der Waals surface area contributed by atoms with E-state index in [1.54, 1.807) is 12.3 Å². The molecule has 5 heteroatoms. The summed E-state index contributed by atoms with van der Waals surface area (Å²) in [5.41, 5.74) is 6.69. The Balaban J connectivity index is 1.92. The highest BCUT2D eigenvalue weighted by Crippen LogP contribution is 2.11. The Labute approximate surface area is 119 Å². The SMILES string of the molecule is CC(C)(N)CNc1nccc(OCc2ccccc2)n1. The van der Waals surface area contributed by atoms with Crippen molar-refractivity contribution in [2.75, 3.05) is 11.9 Å². The van der Waals surface area contributed by atoms with Gasteiger partial charge < -0.3 is 15.8 Å². The van der Waals surface area contributed by atoms with Crippen LogP contribution in [0.4, 0.5) is 5.95 Å². The van der Waals surface area contributed by atoms with E-state index in [0.29, 0.717) is 25.0 Å². The number of hydrogen-bond donors (Lipinski definition) is 2. The van der Waals surface area contributed by atoms with Gasteiger partial charge in [-0.3, -0.25) is 0 Å². The van der Waals surface area contributed by atoms with Crippen LogP contribution < -0.4 is 15.8 Å². The van der Waals surface area contributed by atoms with Gasteiger partial charge >= 0.3 is 0 Å². The van der Waals surface area contributed by atoms with Gasteiger partial charge in [0.2, 0.25) is 11.8 Å². The van der Waals surface area contributed by atoms with Gasteiger partial charge in [-0.2, -0.15) is 4.98 Å². The summed E-state index contributed by atoms with van der Waals surface area (Å²) >= 11 is 0. The van der Waals surface area contributed by atoms with Crippen LogP contribution in [-0.2, 0) is 6.61 Å². The lowest BCUT2D eigenvalue weighted by atomic mass is 10.1. The molecule has 20 heavy (non-hydrogen) atoms. The summed E-state index contributed by atoms with van der Waals surface area (Å²) in [6, 6.07) is 11.7. The second-order valence-corrected chi connectivity index (χ2v) is 5.33. The highest BCUT2D eigenvalue weighted by atomic mass is 16.5. The molecule has 0 amide bonds. The average Bonchev–Trinajstić information content (AvgIpc) is 2.44. The molecule has 0 radical (unpaired) electrons. The van der Waals surface area contributed by atoms with E-state index in [2.05, 4.69) is 15.3 Å². The van der Waals surface area contributed by atoms with Crippen LogP contribution in [0.15, 0.2) is 42.6 Å². The molecular weight excluding hydrogens is 252 g/mol. The first-order valence-corrected chi connectivity index (χ1v) is 6.55. The lowest BCUT2D eigenvalue weighted by Gasteiger charge is -2.18. The molecule has 0 bridgehead atoms. The zero-order valence-corrected chi connectivity index (χ0v) is 11.8. The Morgan fingerprint density at radius 2 is 1.95 bits per heavy atom. The van der Waals surface area contributed by atoms with E-state index < -0.39 is 0 Å². The lowest BCUT2D eigenvalue weighted by Crippen LogP contribution is -2.39. The molecule has 1 aromatic heterocycles. The number of ether oxygens (including phenoxy) is 1. The fourth-order valence-corrected chi connectivity index (χ4v) is 1.55. The number of nitrogens with zero attached hydrogens (tertiary/aromatic N) is 2. The van der Waals surface area contributed by atoms with Crippen molar-refractivity contribution >= 4 is 5.95 Å². The number of anilines is 1. The van der Waals surface area contributed by atoms with E-state index in [-0.39, 0.29) is 5.54 Å². The first-order chi connectivity index (χ1) is 9.53. The standard InChI is InChI=1S/C15H20N4O/c1-15(2,16)11-18-14-17-9-8-13(19-14)20-10-12-6-4-3-5-7-12/h3-9H,10-11,16H2,1-2H3,(H,17,18,19). The normalized spacial score (nSPS) is 11.2. The fourth-order valence-electron chi connectivity index (χ4n) is 1.55. The molecule has 0 saturated carbocycles. The van der Waals surface area contributed by atoms with Gasteiger partial charge in [-0.1, -0.05) is 30.3 Å². The molecule has 0 spiro atoms. The maximum absolute atomic E-state index is 5.91. The molecule has 0 aliphatic carbocycles. The Bertz CT molecular complexity index is 537. The lowest BCUT2D eigenvalue weighted by molar-refractivity contribution is 0.293. The van der Waals surface area contributed by atoms with Crippen LogP contribution in [0.3, 0.4) is 0 Å². The third-order valence-corrected chi connectivity index (χ3v) is 2.56. The predicted octanol–water partition coefficient (Wildman–Crippen LogP) is 2.20. The first kappa shape index (κ1) is 14.3. The number of nitrogens with two attached hydrogens (primary N) is 1. The number of nitrogens with one attached hydrogen (secondary N) is 1. The third-order valence-electron chi connectivity index (χ3n) is 2.56. The van der Waals surface area contributed by atoms with Gasteiger partial charge in [0.25, 0.3) is 0 Å². The van der Waals surface area contributed by atoms with Crippen molar-refractivity contribution in [3.8, 4) is 5.88 Å². The van der Waals surface area contributed by atoms with Gasteiger partial charge in [0.15, 0.2) is 0 Å². The molecule has 0 fully saturated rings. The molecule has 1 heterocycles. The van der Waals surface area contributed by atoms with E-state index in [9.17, 15) is 0 Å². The minimum Gasteiger partial charge on any atom is -0.473 e. The van der Waals surface area contributed by atoms with Crippen molar-refractivity contribution in [1.29, 1.82) is 0 Å². The van der Waals surface area contributed by atoms with E-state index in [0.717, 1.165) is 5.56 Å². The highest BCUT2D eigenvalue weighted by molar-refractivity contribution is 5.28. The van der Waals surface area contributed by atoms with Crippen LogP contribution in [0.2, 0.25) is 0 Å². The van der Waals surface area contributed by atoms with E-state index in [4.69, 9.17) is 10.5 Å². The monoisotopic (exact) mass is 272 g/mol. The van der Waals surface area contributed by atoms with Crippen LogP contribution in [0.5, 0.6) is 5.88 Å². The van der Waals surface area contributed by atoms with E-state index in [1.165, 1.54) is 0 Å². The van der Waals surface area contributed by atoms with Gasteiger partial charge in [-0.25, -0.2) is 4.98 Å². The van der Waals surface area contributed by atoms with Gasteiger partial charge in [0.1, 0.15) is 6.61 Å². The number of hydrogen-bond acceptors (Lipinski definition) is 5. The Kier molecular flexibility index (Phi) is 4.53. The first-order valence-electron chi connectivity index (χ1n) is 6.55. The summed E-state index contributed by atoms with van der Waals surface area (Å²) in [4.78, 5) is 8.43. The molecule has 2 aromatic rings. The molecule has 0 atom stereocenters. The zero-order chi connectivity index (χ0) is 14.4. The van der Waals surface area contributed by atoms with Crippen LogP contribution >= 0.6 is 0 Å². The molecular formula is C15H20N4O. The summed E-state index contributed by atoms with van der Waals surface area (Å²) < 4.78 is 5.64. The molecule has 0 aliphatic heterocycles. The second-order valence-electron chi connectivity index (χ2n) is 5.33. The van der Waals surface area contributed by atoms with Crippen molar-refractivity contribution in [3.05, 3.63) is 48.2 Å². The van der Waals surface area contributed by atoms with Gasteiger partial charge in [0, 0.05) is 24.3 Å². The largest absolute Gasteiger partial charge is 0.473 e. The molecule has 0 unspecified atom stereocenters. The summed E-state index contributed by atoms with van der Waals surface area (Å²) in [6.45, 7) is 4.96. The Hall–Kier alpha value is -2.14. The van der Waals surface area contributed by atoms with Crippen molar-refractivity contribution in [3.63, 3.8) is 0 Å². The fraction of sp³-hybridized carbons (Fsp3) is 0.333. The summed E-state index contributed by atoms with van der Waals surface area (Å²) in [7, 11) is 0. The second kappa shape index (κ2) is 6.34. The van der Waals surface area contributed by atoms with Crippen molar-refractivity contribution in [2.24, 2.45) is 5.73 Å². The Morgan fingerprint density at radius 3 is 2.65 bits per heavy atom. The minimum absolute atomic E-state index is 0.315. The topological polar surface area (TPSA) is 73.1 Å². The smallest absolute Gasteiger partial charge is 0.226 e. The molecule has 3 N–H and O–H groups in total. The average molecular weight is 272 g/mol. The zero-order valence-electron chi connectivity index (χ0n) is 11.8. The maximum Gasteiger partial charge on any atom is 0.226 e. The van der Waals surface area contributed by atoms with Gasteiger partial charge in [-0.05, 0) is 19.4 Å². The van der Waals surface area contributed by atoms with Crippen molar-refractivity contribution in [1.82, 2.24) is 9.97 Å². The Morgan fingerprint density at radius 1 is 1.20 bits per heavy atom. The van der Waals surface area contributed by atoms with E-state index >= 15 is 0 Å². The highest BCUT2D eigenvalue weighted by Gasteiger charge is 2.10. The van der Waals surface area contributed by atoms with E-state index in [1.807, 2.05) is 44.2 Å². The van der Waals surface area contributed by atoms with Crippen LogP contribution in [0.25, 0.3) is 0 Å². The quantitative estimate of drug-likeness (QED) is 0.843. The molecule has 0 saturated heterocycles. The number of aromatic nitrogens is 2. The van der Waals surface area contributed by atoms with Crippen LogP contribution in [0.1, 0.15) is 19.4 Å². The van der Waals surface area contributed by atoms with Crippen molar-refractivity contribution in [2.45, 2.75) is 26.0 Å². The number of rotatable bonds is 6. The van der Waals surface area contributed by atoms with Gasteiger partial charge in [-0.15, -0.1) is 0 Å². The molecule has 0 aliphatic rings. The third kappa shape index (κ3) is 4.85. The van der Waals surface area contributed by atoms with Crippen LogP contribution in [-0.4, -0.2) is 22.1 Å². The summed E-state index contributed by atoms with van der Waals surface area (Å²) in [5, 5.41) is 3.10. The summed E-state index contributed by atoms with van der Waals surface area (Å²) in [6.07, 6.45) is 1.67. The summed E-state index contributed by atoms with van der Waals surface area (Å²) in [5.74, 6) is 1.07.